The highest BCUT2D eigenvalue weighted by atomic mass is 19.1. The van der Waals surface area contributed by atoms with Gasteiger partial charge in [0.2, 0.25) is 0 Å². The maximum atomic E-state index is 12.9. The molecule has 0 atom stereocenters. The van der Waals surface area contributed by atoms with E-state index in [4.69, 9.17) is 0 Å². The van der Waals surface area contributed by atoms with Gasteiger partial charge in [-0.05, 0) is 62.7 Å². The van der Waals surface area contributed by atoms with Crippen molar-refractivity contribution in [3.05, 3.63) is 82.9 Å². The number of halogens is 1. The molecule has 6 heteroatoms. The molecule has 0 fully saturated rings. The van der Waals surface area contributed by atoms with E-state index in [0.29, 0.717) is 5.69 Å². The highest BCUT2D eigenvalue weighted by molar-refractivity contribution is 5.85. The fourth-order valence-electron chi connectivity index (χ4n) is 3.07. The average molecular weight is 378 g/mol. The second-order valence-corrected chi connectivity index (χ2v) is 6.60. The summed E-state index contributed by atoms with van der Waals surface area (Å²) in [5.74, 6) is -0.601. The van der Waals surface area contributed by atoms with Gasteiger partial charge < -0.3 is 9.88 Å². The van der Waals surface area contributed by atoms with Gasteiger partial charge in [-0.1, -0.05) is 18.2 Å². The molecule has 5 nitrogen and oxygen atoms in total. The molecule has 28 heavy (non-hydrogen) atoms. The van der Waals surface area contributed by atoms with Gasteiger partial charge in [-0.3, -0.25) is 4.79 Å². The largest absolute Gasteiger partial charge is 0.376 e. The van der Waals surface area contributed by atoms with Crippen LogP contribution < -0.4 is 10.7 Å². The van der Waals surface area contributed by atoms with Crippen LogP contribution in [0, 0.1) is 26.6 Å². The van der Waals surface area contributed by atoms with E-state index < -0.39 is 0 Å². The Bertz CT molecular complexity index is 1010. The summed E-state index contributed by atoms with van der Waals surface area (Å²) < 4.78 is 15.1. The predicted octanol–water partition coefficient (Wildman–Crippen LogP) is 4.10. The molecular weight excluding hydrogens is 355 g/mol. The second-order valence-electron chi connectivity index (χ2n) is 6.60. The summed E-state index contributed by atoms with van der Waals surface area (Å²) >= 11 is 0. The summed E-state index contributed by atoms with van der Waals surface area (Å²) in [5, 5.41) is 6.98. The van der Waals surface area contributed by atoms with Gasteiger partial charge in [-0.25, -0.2) is 9.82 Å². The van der Waals surface area contributed by atoms with Crippen LogP contribution in [0.1, 0.15) is 22.5 Å². The molecule has 2 N–H and O–H groups in total. The molecule has 0 radical (unpaired) electrons. The first-order valence-corrected chi connectivity index (χ1v) is 9.02. The first-order chi connectivity index (χ1) is 13.5. The van der Waals surface area contributed by atoms with E-state index in [1.54, 1.807) is 18.3 Å². The maximum Gasteiger partial charge on any atom is 0.259 e. The third-order valence-electron chi connectivity index (χ3n) is 4.52. The molecule has 0 saturated carbocycles. The first-order valence-electron chi connectivity index (χ1n) is 9.02. The van der Waals surface area contributed by atoms with Gasteiger partial charge in [0.1, 0.15) is 5.82 Å². The number of anilines is 1. The summed E-state index contributed by atoms with van der Waals surface area (Å²) in [6.45, 7) is 6.20. The molecule has 0 aliphatic rings. The molecule has 3 rings (SSSR count). The van der Waals surface area contributed by atoms with E-state index in [-0.39, 0.29) is 18.3 Å². The molecule has 0 saturated heterocycles. The van der Waals surface area contributed by atoms with Gasteiger partial charge in [0, 0.05) is 28.3 Å². The predicted molar refractivity (Wildman–Crippen MR) is 111 cm³/mol. The topological polar surface area (TPSA) is 58.4 Å². The summed E-state index contributed by atoms with van der Waals surface area (Å²) in [5.41, 5.74) is 8.57. The molecule has 0 bridgehead atoms. The highest BCUT2D eigenvalue weighted by Crippen LogP contribution is 2.22. The van der Waals surface area contributed by atoms with E-state index in [1.807, 2.05) is 32.0 Å². The molecule has 3 aromatic rings. The quantitative estimate of drug-likeness (QED) is 0.501. The number of rotatable bonds is 6. The molecule has 0 unspecified atom stereocenters. The molecular formula is C22H23FN4O. The number of hydrogen-bond donors (Lipinski definition) is 2. The van der Waals surface area contributed by atoms with E-state index in [0.717, 1.165) is 22.6 Å². The Balaban J connectivity index is 1.63. The van der Waals surface area contributed by atoms with Gasteiger partial charge in [0.25, 0.3) is 5.91 Å². The van der Waals surface area contributed by atoms with E-state index >= 15 is 0 Å². The Hall–Kier alpha value is -3.41. The van der Waals surface area contributed by atoms with Crippen molar-refractivity contribution in [2.45, 2.75) is 20.8 Å². The fraction of sp³-hybridized carbons (Fsp3) is 0.182. The van der Waals surface area contributed by atoms with Crippen LogP contribution in [0.5, 0.6) is 0 Å². The first kappa shape index (κ1) is 19.4. The lowest BCUT2D eigenvalue weighted by atomic mass is 10.2. The number of aromatic nitrogens is 1. The number of hydrogen-bond acceptors (Lipinski definition) is 3. The number of nitrogens with one attached hydrogen (secondary N) is 2. The lowest BCUT2D eigenvalue weighted by Gasteiger charge is -2.12. The van der Waals surface area contributed by atoms with E-state index in [1.165, 1.54) is 17.7 Å². The summed E-state index contributed by atoms with van der Waals surface area (Å²) in [6.07, 6.45) is 1.65. The molecule has 0 spiro atoms. The van der Waals surface area contributed by atoms with Crippen molar-refractivity contribution in [3.63, 3.8) is 0 Å². The Labute approximate surface area is 163 Å². The van der Waals surface area contributed by atoms with Crippen molar-refractivity contribution >= 4 is 17.8 Å². The lowest BCUT2D eigenvalue weighted by molar-refractivity contribution is -0.119. The summed E-state index contributed by atoms with van der Waals surface area (Å²) in [4.78, 5) is 11.9. The Morgan fingerprint density at radius 2 is 1.82 bits per heavy atom. The smallest absolute Gasteiger partial charge is 0.259 e. The molecule has 0 aliphatic carbocycles. The molecule has 1 aromatic heterocycles. The monoisotopic (exact) mass is 378 g/mol. The van der Waals surface area contributed by atoms with Crippen LogP contribution in [-0.2, 0) is 4.79 Å². The van der Waals surface area contributed by atoms with Crippen molar-refractivity contribution in [2.75, 3.05) is 11.9 Å². The second kappa shape index (κ2) is 8.52. The minimum atomic E-state index is -0.317. The maximum absolute atomic E-state index is 12.9. The molecule has 2 aromatic carbocycles. The van der Waals surface area contributed by atoms with Gasteiger partial charge in [-0.2, -0.15) is 5.10 Å². The number of aryl methyl sites for hydroxylation is 2. The fourth-order valence-corrected chi connectivity index (χ4v) is 3.07. The molecule has 0 aliphatic heterocycles. The van der Waals surface area contributed by atoms with Crippen LogP contribution in [0.4, 0.5) is 10.1 Å². The van der Waals surface area contributed by atoms with Gasteiger partial charge in [0.05, 0.1) is 12.8 Å². The van der Waals surface area contributed by atoms with E-state index in [2.05, 4.69) is 39.5 Å². The summed E-state index contributed by atoms with van der Waals surface area (Å²) in [7, 11) is 0. The van der Waals surface area contributed by atoms with Crippen molar-refractivity contribution < 1.29 is 9.18 Å². The number of hydrazone groups is 1. The Morgan fingerprint density at radius 1 is 1.11 bits per heavy atom. The number of benzene rings is 2. The zero-order valence-electron chi connectivity index (χ0n) is 16.2. The van der Waals surface area contributed by atoms with Crippen molar-refractivity contribution in [3.8, 4) is 5.69 Å². The van der Waals surface area contributed by atoms with Crippen molar-refractivity contribution in [2.24, 2.45) is 5.10 Å². The molecule has 1 heterocycles. The number of nitrogens with zero attached hydrogens (tertiary/aromatic N) is 2. The third kappa shape index (κ3) is 4.46. The normalized spacial score (nSPS) is 11.0. The highest BCUT2D eigenvalue weighted by Gasteiger charge is 2.11. The average Bonchev–Trinajstić information content (AvgIpc) is 2.95. The van der Waals surface area contributed by atoms with Gasteiger partial charge >= 0.3 is 0 Å². The number of para-hydroxylation sites is 1. The van der Waals surface area contributed by atoms with E-state index in [9.17, 15) is 9.18 Å². The standard InChI is InChI=1S/C22H23FN4O/c1-15-6-4-5-7-21(15)27-16(2)12-18(17(27)3)13-25-26-22(28)14-24-20-10-8-19(23)9-11-20/h4-13,24H,14H2,1-3H3,(H,26,28)/b25-13-. The number of amides is 1. The SMILES string of the molecule is Cc1ccccc1-n1c(C)cc(/C=N\NC(=O)CNc2ccc(F)cc2)c1C. The lowest BCUT2D eigenvalue weighted by Crippen LogP contribution is -2.25. The van der Waals surface area contributed by atoms with Crippen LogP contribution in [0.15, 0.2) is 59.7 Å². The van der Waals surface area contributed by atoms with Crippen LogP contribution in [-0.4, -0.2) is 23.2 Å². The number of carbonyl (C=O) groups excluding carboxylic acids is 1. The zero-order valence-corrected chi connectivity index (χ0v) is 16.2. The van der Waals surface area contributed by atoms with Crippen molar-refractivity contribution in [1.82, 2.24) is 9.99 Å². The van der Waals surface area contributed by atoms with Crippen LogP contribution >= 0.6 is 0 Å². The Morgan fingerprint density at radius 3 is 2.54 bits per heavy atom. The molecule has 144 valence electrons. The van der Waals surface area contributed by atoms with Gasteiger partial charge in [0.15, 0.2) is 0 Å². The van der Waals surface area contributed by atoms with Gasteiger partial charge in [-0.15, -0.1) is 0 Å². The number of carbonyl (C=O) groups is 1. The molecule has 1 amide bonds. The van der Waals surface area contributed by atoms with Crippen molar-refractivity contribution in [1.29, 1.82) is 0 Å². The Kier molecular flexibility index (Phi) is 5.89. The summed E-state index contributed by atoms with van der Waals surface area (Å²) in [6, 6.07) is 16.1. The third-order valence-corrected chi connectivity index (χ3v) is 4.52. The minimum absolute atomic E-state index is 0.0468. The van der Waals surface area contributed by atoms with Crippen LogP contribution in [0.2, 0.25) is 0 Å². The van der Waals surface area contributed by atoms with Crippen LogP contribution in [0.25, 0.3) is 5.69 Å². The minimum Gasteiger partial charge on any atom is -0.376 e. The zero-order chi connectivity index (χ0) is 20.1. The van der Waals surface area contributed by atoms with Crippen LogP contribution in [0.3, 0.4) is 0 Å².